The monoisotopic (exact) mass is 171 g/mol. The molecule has 0 radical (unpaired) electrons. The van der Waals surface area contributed by atoms with Crippen LogP contribution in [0.15, 0.2) is 0 Å². The smallest absolute Gasteiger partial charge is 0.0590 e. The average Bonchev–Trinajstić information content (AvgIpc) is 2.37. The van der Waals surface area contributed by atoms with Gasteiger partial charge in [0, 0.05) is 18.7 Å². The van der Waals surface area contributed by atoms with Gasteiger partial charge in [-0.15, -0.1) is 0 Å². The van der Waals surface area contributed by atoms with Gasteiger partial charge in [0.25, 0.3) is 0 Å². The quantitative estimate of drug-likeness (QED) is 0.698. The first-order chi connectivity index (χ1) is 5.68. The van der Waals surface area contributed by atoms with Crippen LogP contribution < -0.4 is 5.32 Å². The Morgan fingerprint density at radius 3 is 2.67 bits per heavy atom. The third kappa shape index (κ3) is 3.55. The molecule has 0 saturated carbocycles. The Labute approximate surface area is 75.7 Å². The van der Waals surface area contributed by atoms with Crippen LogP contribution in [0.5, 0.6) is 0 Å². The minimum Gasteiger partial charge on any atom is -0.378 e. The highest BCUT2D eigenvalue weighted by Crippen LogP contribution is 2.16. The fourth-order valence-corrected chi connectivity index (χ4v) is 1.86. The van der Waals surface area contributed by atoms with Crippen molar-refractivity contribution in [2.24, 2.45) is 0 Å². The van der Waals surface area contributed by atoms with Crippen LogP contribution in [0.25, 0.3) is 0 Å². The van der Waals surface area contributed by atoms with Gasteiger partial charge in [-0.25, -0.2) is 0 Å². The molecule has 0 amide bonds. The lowest BCUT2D eigenvalue weighted by atomic mass is 10.1. The molecule has 72 valence electrons. The summed E-state index contributed by atoms with van der Waals surface area (Å²) < 4.78 is 5.57. The van der Waals surface area contributed by atoms with Crippen molar-refractivity contribution in [1.82, 2.24) is 5.32 Å². The largest absolute Gasteiger partial charge is 0.378 e. The molecule has 2 atom stereocenters. The number of hydrogen-bond acceptors (Lipinski definition) is 2. The SMILES string of the molecule is CC(C)NC(C)CC1CCCO1. The second kappa shape index (κ2) is 4.83. The maximum absolute atomic E-state index is 5.57. The molecular weight excluding hydrogens is 150 g/mol. The number of nitrogens with one attached hydrogen (secondary N) is 1. The van der Waals surface area contributed by atoms with Crippen molar-refractivity contribution in [3.63, 3.8) is 0 Å². The predicted octanol–water partition coefficient (Wildman–Crippen LogP) is 1.94. The first kappa shape index (κ1) is 10.0. The van der Waals surface area contributed by atoms with Gasteiger partial charge >= 0.3 is 0 Å². The van der Waals surface area contributed by atoms with Crippen molar-refractivity contribution in [3.05, 3.63) is 0 Å². The summed E-state index contributed by atoms with van der Waals surface area (Å²) in [4.78, 5) is 0. The summed E-state index contributed by atoms with van der Waals surface area (Å²) in [6.07, 6.45) is 4.19. The Morgan fingerprint density at radius 1 is 1.42 bits per heavy atom. The molecule has 2 heteroatoms. The molecule has 1 rings (SSSR count). The standard InChI is InChI=1S/C10H21NO/c1-8(2)11-9(3)7-10-5-4-6-12-10/h8-11H,4-7H2,1-3H3. The van der Waals surface area contributed by atoms with E-state index in [9.17, 15) is 0 Å². The molecule has 1 N–H and O–H groups in total. The highest BCUT2D eigenvalue weighted by atomic mass is 16.5. The molecule has 0 bridgehead atoms. The number of rotatable bonds is 4. The fraction of sp³-hybridized carbons (Fsp3) is 1.00. The van der Waals surface area contributed by atoms with E-state index >= 15 is 0 Å². The van der Waals surface area contributed by atoms with Crippen LogP contribution >= 0.6 is 0 Å². The molecule has 1 heterocycles. The fourth-order valence-electron chi connectivity index (χ4n) is 1.86. The first-order valence-electron chi connectivity index (χ1n) is 5.06. The van der Waals surface area contributed by atoms with Gasteiger partial charge < -0.3 is 10.1 Å². The lowest BCUT2D eigenvalue weighted by molar-refractivity contribution is 0.0955. The topological polar surface area (TPSA) is 21.3 Å². The number of ether oxygens (including phenoxy) is 1. The zero-order valence-corrected chi connectivity index (χ0v) is 8.47. The van der Waals surface area contributed by atoms with E-state index in [0.717, 1.165) is 13.0 Å². The molecule has 0 aromatic heterocycles. The summed E-state index contributed by atoms with van der Waals surface area (Å²) >= 11 is 0. The van der Waals surface area contributed by atoms with Crippen molar-refractivity contribution >= 4 is 0 Å². The van der Waals surface area contributed by atoms with Gasteiger partial charge in [0.15, 0.2) is 0 Å². The molecule has 0 spiro atoms. The number of hydrogen-bond donors (Lipinski definition) is 1. The Kier molecular flexibility index (Phi) is 4.02. The summed E-state index contributed by atoms with van der Waals surface area (Å²) in [5.74, 6) is 0. The molecule has 2 unspecified atom stereocenters. The van der Waals surface area contributed by atoms with Crippen molar-refractivity contribution in [2.45, 2.75) is 58.2 Å². The van der Waals surface area contributed by atoms with Crippen molar-refractivity contribution in [1.29, 1.82) is 0 Å². The second-order valence-electron chi connectivity index (χ2n) is 4.09. The van der Waals surface area contributed by atoms with Gasteiger partial charge in [-0.2, -0.15) is 0 Å². The minimum atomic E-state index is 0.520. The third-order valence-corrected chi connectivity index (χ3v) is 2.26. The molecule has 1 saturated heterocycles. The van der Waals surface area contributed by atoms with Gasteiger partial charge in [-0.3, -0.25) is 0 Å². The van der Waals surface area contributed by atoms with E-state index in [-0.39, 0.29) is 0 Å². The second-order valence-corrected chi connectivity index (χ2v) is 4.09. The summed E-state index contributed by atoms with van der Waals surface area (Å²) in [7, 11) is 0. The van der Waals surface area contributed by atoms with Crippen molar-refractivity contribution < 1.29 is 4.74 Å². The van der Waals surface area contributed by atoms with E-state index in [4.69, 9.17) is 4.74 Å². The maximum Gasteiger partial charge on any atom is 0.0590 e. The van der Waals surface area contributed by atoms with Gasteiger partial charge in [-0.05, 0) is 26.2 Å². The third-order valence-electron chi connectivity index (χ3n) is 2.26. The van der Waals surface area contributed by atoms with Crippen molar-refractivity contribution in [2.75, 3.05) is 6.61 Å². The molecule has 2 nitrogen and oxygen atoms in total. The van der Waals surface area contributed by atoms with Crippen molar-refractivity contribution in [3.8, 4) is 0 Å². The lowest BCUT2D eigenvalue weighted by Gasteiger charge is -2.19. The summed E-state index contributed by atoms with van der Waals surface area (Å²) in [6.45, 7) is 7.58. The normalized spacial score (nSPS) is 26.5. The maximum atomic E-state index is 5.57. The predicted molar refractivity (Wildman–Crippen MR) is 51.3 cm³/mol. The zero-order valence-electron chi connectivity index (χ0n) is 8.47. The lowest BCUT2D eigenvalue weighted by Crippen LogP contribution is -2.34. The van der Waals surface area contributed by atoms with E-state index in [1.165, 1.54) is 12.8 Å². The Morgan fingerprint density at radius 2 is 2.17 bits per heavy atom. The van der Waals surface area contributed by atoms with Crippen LogP contribution in [0, 0.1) is 0 Å². The van der Waals surface area contributed by atoms with Gasteiger partial charge in [-0.1, -0.05) is 13.8 Å². The van der Waals surface area contributed by atoms with Gasteiger partial charge in [0.2, 0.25) is 0 Å². The van der Waals surface area contributed by atoms with E-state index in [2.05, 4.69) is 26.1 Å². The van der Waals surface area contributed by atoms with Crippen LogP contribution in [0.3, 0.4) is 0 Å². The Hall–Kier alpha value is -0.0800. The Balaban J connectivity index is 2.11. The molecule has 12 heavy (non-hydrogen) atoms. The summed E-state index contributed by atoms with van der Waals surface area (Å²) in [5.41, 5.74) is 0. The van der Waals surface area contributed by atoms with Crippen LogP contribution in [0.1, 0.15) is 40.0 Å². The van der Waals surface area contributed by atoms with Crippen LogP contribution in [0.2, 0.25) is 0 Å². The molecule has 0 aromatic rings. The van der Waals surface area contributed by atoms with Gasteiger partial charge in [0.1, 0.15) is 0 Å². The molecule has 0 aromatic carbocycles. The van der Waals surface area contributed by atoms with E-state index in [0.29, 0.717) is 18.2 Å². The van der Waals surface area contributed by atoms with E-state index in [1.54, 1.807) is 0 Å². The summed E-state index contributed by atoms with van der Waals surface area (Å²) in [6, 6.07) is 1.18. The van der Waals surface area contributed by atoms with E-state index < -0.39 is 0 Å². The van der Waals surface area contributed by atoms with E-state index in [1.807, 2.05) is 0 Å². The first-order valence-corrected chi connectivity index (χ1v) is 5.06. The molecule has 1 aliphatic heterocycles. The molecule has 1 fully saturated rings. The van der Waals surface area contributed by atoms with Gasteiger partial charge in [0.05, 0.1) is 6.10 Å². The van der Waals surface area contributed by atoms with Crippen LogP contribution in [-0.2, 0) is 4.74 Å². The Bertz CT molecular complexity index is 119. The summed E-state index contributed by atoms with van der Waals surface area (Å²) in [5, 5.41) is 3.49. The molecular formula is C10H21NO. The van der Waals surface area contributed by atoms with Crippen LogP contribution in [-0.4, -0.2) is 24.8 Å². The minimum absolute atomic E-state index is 0.520. The molecule has 0 aliphatic carbocycles. The van der Waals surface area contributed by atoms with Crippen LogP contribution in [0.4, 0.5) is 0 Å². The highest BCUT2D eigenvalue weighted by molar-refractivity contribution is 4.72. The highest BCUT2D eigenvalue weighted by Gasteiger charge is 2.18. The average molecular weight is 171 g/mol. The molecule has 1 aliphatic rings. The zero-order chi connectivity index (χ0) is 8.97.